The summed E-state index contributed by atoms with van der Waals surface area (Å²) in [5.41, 5.74) is 3.89. The minimum atomic E-state index is 0.112. The third-order valence-electron chi connectivity index (χ3n) is 4.26. The molecule has 6 nitrogen and oxygen atoms in total. The van der Waals surface area contributed by atoms with Gasteiger partial charge < -0.3 is 4.90 Å². The third kappa shape index (κ3) is 2.99. The topological polar surface area (TPSA) is 63.4 Å². The molecule has 0 aliphatic rings. The van der Waals surface area contributed by atoms with E-state index in [0.29, 0.717) is 25.2 Å². The molecular formula is C18H21N5O. The first-order chi connectivity index (χ1) is 11.6. The summed E-state index contributed by atoms with van der Waals surface area (Å²) in [5.74, 6) is 0.709. The highest BCUT2D eigenvalue weighted by Gasteiger charge is 2.16. The Kier molecular flexibility index (Phi) is 4.55. The van der Waals surface area contributed by atoms with Gasteiger partial charge in [0.25, 0.3) is 5.78 Å². The molecule has 0 aliphatic carbocycles. The van der Waals surface area contributed by atoms with Crippen LogP contribution in [0.4, 0.5) is 5.69 Å². The van der Waals surface area contributed by atoms with Gasteiger partial charge in [0.05, 0.1) is 0 Å². The van der Waals surface area contributed by atoms with Gasteiger partial charge >= 0.3 is 0 Å². The second-order valence-electron chi connectivity index (χ2n) is 5.71. The fraction of sp³-hybridized carbons (Fsp3) is 0.333. The van der Waals surface area contributed by atoms with Crippen LogP contribution < -0.4 is 4.90 Å². The maximum absolute atomic E-state index is 12.7. The van der Waals surface area contributed by atoms with Crippen molar-refractivity contribution in [2.24, 2.45) is 0 Å². The van der Waals surface area contributed by atoms with Crippen LogP contribution in [0.3, 0.4) is 0 Å². The standard InChI is InChI=1S/C18H21N5O/c1-4-22(15-8-6-5-7-9-15)17(24)11-10-16-13(2)21-18-19-12-20-23(18)14(16)3/h5-9,12H,4,10-11H2,1-3H3. The van der Waals surface area contributed by atoms with Crippen LogP contribution in [0.1, 0.15) is 30.3 Å². The molecule has 1 aromatic carbocycles. The largest absolute Gasteiger partial charge is 0.313 e. The molecule has 0 atom stereocenters. The number of hydrogen-bond donors (Lipinski definition) is 0. The summed E-state index contributed by atoms with van der Waals surface area (Å²) in [6, 6.07) is 9.76. The molecule has 24 heavy (non-hydrogen) atoms. The summed E-state index contributed by atoms with van der Waals surface area (Å²) in [6.45, 7) is 6.59. The van der Waals surface area contributed by atoms with Crippen molar-refractivity contribution < 1.29 is 4.79 Å². The predicted octanol–water partition coefficient (Wildman–Crippen LogP) is 2.73. The lowest BCUT2D eigenvalue weighted by molar-refractivity contribution is -0.118. The highest BCUT2D eigenvalue weighted by Crippen LogP contribution is 2.18. The average Bonchev–Trinajstić information content (AvgIpc) is 3.05. The summed E-state index contributed by atoms with van der Waals surface area (Å²) in [5, 5.41) is 4.19. The molecule has 0 aliphatic heterocycles. The monoisotopic (exact) mass is 323 g/mol. The van der Waals surface area contributed by atoms with E-state index in [1.165, 1.54) is 6.33 Å². The van der Waals surface area contributed by atoms with Gasteiger partial charge in [-0.25, -0.2) is 9.50 Å². The van der Waals surface area contributed by atoms with E-state index in [4.69, 9.17) is 0 Å². The van der Waals surface area contributed by atoms with Crippen LogP contribution in [0.15, 0.2) is 36.7 Å². The molecule has 6 heteroatoms. The Balaban J connectivity index is 1.79. The number of para-hydroxylation sites is 1. The predicted molar refractivity (Wildman–Crippen MR) is 93.0 cm³/mol. The van der Waals surface area contributed by atoms with Crippen molar-refractivity contribution in [3.05, 3.63) is 53.6 Å². The summed E-state index contributed by atoms with van der Waals surface area (Å²) < 4.78 is 1.72. The van der Waals surface area contributed by atoms with Gasteiger partial charge in [-0.05, 0) is 44.9 Å². The first kappa shape index (κ1) is 16.1. The number of hydrogen-bond acceptors (Lipinski definition) is 4. The number of carbonyl (C=O) groups is 1. The van der Waals surface area contributed by atoms with Crippen LogP contribution in [0, 0.1) is 13.8 Å². The Hall–Kier alpha value is -2.76. The normalized spacial score (nSPS) is 11.0. The van der Waals surface area contributed by atoms with E-state index >= 15 is 0 Å². The summed E-state index contributed by atoms with van der Waals surface area (Å²) in [7, 11) is 0. The van der Waals surface area contributed by atoms with Crippen LogP contribution in [-0.4, -0.2) is 32.0 Å². The van der Waals surface area contributed by atoms with Gasteiger partial charge in [-0.15, -0.1) is 0 Å². The Bertz CT molecular complexity index is 856. The van der Waals surface area contributed by atoms with E-state index in [2.05, 4.69) is 15.1 Å². The van der Waals surface area contributed by atoms with Crippen molar-refractivity contribution in [3.63, 3.8) is 0 Å². The van der Waals surface area contributed by atoms with E-state index in [-0.39, 0.29) is 5.91 Å². The first-order valence-electron chi connectivity index (χ1n) is 8.13. The van der Waals surface area contributed by atoms with Crippen LogP contribution in [-0.2, 0) is 11.2 Å². The molecule has 0 spiro atoms. The Morgan fingerprint density at radius 2 is 1.96 bits per heavy atom. The number of aryl methyl sites for hydroxylation is 2. The van der Waals surface area contributed by atoms with Crippen molar-refractivity contribution >= 4 is 17.4 Å². The zero-order valence-electron chi connectivity index (χ0n) is 14.2. The number of amides is 1. The van der Waals surface area contributed by atoms with Gasteiger partial charge in [-0.1, -0.05) is 18.2 Å². The fourth-order valence-electron chi connectivity index (χ4n) is 2.99. The van der Waals surface area contributed by atoms with Crippen LogP contribution in [0.25, 0.3) is 5.78 Å². The molecule has 0 saturated carbocycles. The van der Waals surface area contributed by atoms with Crippen molar-refractivity contribution in [2.75, 3.05) is 11.4 Å². The maximum Gasteiger partial charge on any atom is 0.252 e. The SMILES string of the molecule is CCN(C(=O)CCc1c(C)nc2ncnn2c1C)c1ccccc1. The molecule has 0 N–H and O–H groups in total. The van der Waals surface area contributed by atoms with E-state index < -0.39 is 0 Å². The Labute approximate surface area is 141 Å². The lowest BCUT2D eigenvalue weighted by atomic mass is 10.1. The quantitative estimate of drug-likeness (QED) is 0.724. The second kappa shape index (κ2) is 6.78. The van der Waals surface area contributed by atoms with Crippen molar-refractivity contribution in [2.45, 2.75) is 33.6 Å². The summed E-state index contributed by atoms with van der Waals surface area (Å²) in [6.07, 6.45) is 2.58. The van der Waals surface area contributed by atoms with Crippen molar-refractivity contribution in [1.82, 2.24) is 19.6 Å². The minimum Gasteiger partial charge on any atom is -0.313 e. The van der Waals surface area contributed by atoms with Gasteiger partial charge in [-0.3, -0.25) is 4.79 Å². The lowest BCUT2D eigenvalue weighted by Crippen LogP contribution is -2.30. The molecule has 2 aromatic heterocycles. The van der Waals surface area contributed by atoms with E-state index in [0.717, 1.165) is 22.6 Å². The number of anilines is 1. The number of nitrogens with zero attached hydrogens (tertiary/aromatic N) is 5. The van der Waals surface area contributed by atoms with Gasteiger partial charge in [0, 0.05) is 30.0 Å². The number of rotatable bonds is 5. The smallest absolute Gasteiger partial charge is 0.252 e. The molecule has 0 unspecified atom stereocenters. The number of benzene rings is 1. The molecule has 124 valence electrons. The van der Waals surface area contributed by atoms with Crippen LogP contribution in [0.5, 0.6) is 0 Å². The molecule has 0 saturated heterocycles. The zero-order chi connectivity index (χ0) is 17.1. The van der Waals surface area contributed by atoms with Gasteiger partial charge in [0.15, 0.2) is 0 Å². The Morgan fingerprint density at radius 1 is 1.21 bits per heavy atom. The van der Waals surface area contributed by atoms with Crippen molar-refractivity contribution in [3.8, 4) is 0 Å². The molecule has 0 bridgehead atoms. The molecule has 0 fully saturated rings. The summed E-state index contributed by atoms with van der Waals surface area (Å²) in [4.78, 5) is 23.1. The Morgan fingerprint density at radius 3 is 2.67 bits per heavy atom. The lowest BCUT2D eigenvalue weighted by Gasteiger charge is -2.21. The minimum absolute atomic E-state index is 0.112. The summed E-state index contributed by atoms with van der Waals surface area (Å²) >= 11 is 0. The van der Waals surface area contributed by atoms with Crippen molar-refractivity contribution in [1.29, 1.82) is 0 Å². The second-order valence-corrected chi connectivity index (χ2v) is 5.71. The van der Waals surface area contributed by atoms with Gasteiger partial charge in [-0.2, -0.15) is 10.1 Å². The first-order valence-corrected chi connectivity index (χ1v) is 8.13. The average molecular weight is 323 g/mol. The van der Waals surface area contributed by atoms with Gasteiger partial charge in [0.1, 0.15) is 6.33 Å². The van der Waals surface area contributed by atoms with E-state index in [1.807, 2.05) is 56.0 Å². The highest BCUT2D eigenvalue weighted by molar-refractivity contribution is 5.93. The molecule has 0 radical (unpaired) electrons. The van der Waals surface area contributed by atoms with Crippen LogP contribution in [0.2, 0.25) is 0 Å². The zero-order valence-corrected chi connectivity index (χ0v) is 14.2. The third-order valence-corrected chi connectivity index (χ3v) is 4.26. The molecular weight excluding hydrogens is 302 g/mol. The number of aromatic nitrogens is 4. The fourth-order valence-corrected chi connectivity index (χ4v) is 2.99. The molecule has 1 amide bonds. The molecule has 2 heterocycles. The molecule has 3 aromatic rings. The number of fused-ring (bicyclic) bond motifs is 1. The molecule has 3 rings (SSSR count). The van der Waals surface area contributed by atoms with Crippen LogP contribution >= 0.6 is 0 Å². The number of carbonyl (C=O) groups excluding carboxylic acids is 1. The maximum atomic E-state index is 12.7. The highest BCUT2D eigenvalue weighted by atomic mass is 16.2. The van der Waals surface area contributed by atoms with E-state index in [1.54, 1.807) is 4.52 Å². The van der Waals surface area contributed by atoms with E-state index in [9.17, 15) is 4.79 Å². The van der Waals surface area contributed by atoms with Gasteiger partial charge in [0.2, 0.25) is 5.91 Å².